The van der Waals surface area contributed by atoms with Crippen LogP contribution < -0.4 is 10.5 Å². The Morgan fingerprint density at radius 1 is 1.03 bits per heavy atom. The van der Waals surface area contributed by atoms with E-state index in [9.17, 15) is 24.3 Å². The van der Waals surface area contributed by atoms with Gasteiger partial charge in [0.25, 0.3) is 11.5 Å². The minimum absolute atomic E-state index is 0.0856. The lowest BCUT2D eigenvalue weighted by Crippen LogP contribution is -2.49. The first kappa shape index (κ1) is 24.7. The molecule has 1 saturated heterocycles. The maximum atomic E-state index is 13.5. The maximum absolute atomic E-state index is 13.5. The van der Waals surface area contributed by atoms with Crippen molar-refractivity contribution < 1.29 is 19.5 Å². The lowest BCUT2D eigenvalue weighted by Gasteiger charge is -2.37. The molecule has 188 valence electrons. The third-order valence-electron chi connectivity index (χ3n) is 6.27. The summed E-state index contributed by atoms with van der Waals surface area (Å²) in [5, 5.41) is 12.6. The summed E-state index contributed by atoms with van der Waals surface area (Å²) in [4.78, 5) is 60.1. The second kappa shape index (κ2) is 10.2. The predicted molar refractivity (Wildman–Crippen MR) is 141 cm³/mol. The van der Waals surface area contributed by atoms with Crippen LogP contribution in [0.5, 0.6) is 0 Å². The molecule has 4 heterocycles. The largest absolute Gasteiger partial charge is 0.477 e. The van der Waals surface area contributed by atoms with Crippen LogP contribution in [0.2, 0.25) is 5.02 Å². The number of ketones is 1. The van der Waals surface area contributed by atoms with Crippen molar-refractivity contribution in [1.29, 1.82) is 0 Å². The molecule has 0 saturated carbocycles. The summed E-state index contributed by atoms with van der Waals surface area (Å²) >= 11 is 7.60. The molecular formula is C26H21ClN4O5S. The predicted octanol–water partition coefficient (Wildman–Crippen LogP) is 3.65. The summed E-state index contributed by atoms with van der Waals surface area (Å²) in [5.74, 6) is -1.86. The SMILES string of the molecule is O=C(Cn1c(=O)c(C(=O)O)c(N2CCN(C(=O)c3cccs3)CC2)c2cc(Cl)cnc21)c1ccccc1. The summed E-state index contributed by atoms with van der Waals surface area (Å²) < 4.78 is 1.09. The number of amides is 1. The third kappa shape index (κ3) is 4.73. The van der Waals surface area contributed by atoms with Crippen LogP contribution in [0.3, 0.4) is 0 Å². The molecule has 0 unspecified atom stereocenters. The van der Waals surface area contributed by atoms with Crippen LogP contribution in [0, 0.1) is 0 Å². The number of hydrogen-bond donors (Lipinski definition) is 1. The van der Waals surface area contributed by atoms with E-state index in [1.54, 1.807) is 52.3 Å². The Kier molecular flexibility index (Phi) is 6.77. The number of nitrogens with zero attached hydrogens (tertiary/aromatic N) is 4. The molecule has 0 aliphatic carbocycles. The number of rotatable bonds is 6. The van der Waals surface area contributed by atoms with Crippen molar-refractivity contribution in [2.45, 2.75) is 6.54 Å². The molecule has 1 aliphatic rings. The molecule has 1 N–H and O–H groups in total. The number of thiophene rings is 1. The number of piperazine rings is 1. The quantitative estimate of drug-likeness (QED) is 0.374. The number of hydrogen-bond acceptors (Lipinski definition) is 7. The molecule has 1 aromatic carbocycles. The smallest absolute Gasteiger partial charge is 0.343 e. The number of pyridine rings is 2. The van der Waals surface area contributed by atoms with E-state index < -0.39 is 17.1 Å². The van der Waals surface area contributed by atoms with Gasteiger partial charge in [-0.1, -0.05) is 48.0 Å². The van der Waals surface area contributed by atoms with E-state index in [0.717, 1.165) is 4.57 Å². The molecule has 11 heteroatoms. The number of carbonyl (C=O) groups excluding carboxylic acids is 2. The van der Waals surface area contributed by atoms with Gasteiger partial charge in [-0.05, 0) is 17.5 Å². The fourth-order valence-electron chi connectivity index (χ4n) is 4.50. The van der Waals surface area contributed by atoms with Crippen molar-refractivity contribution in [3.63, 3.8) is 0 Å². The van der Waals surface area contributed by atoms with E-state index in [-0.39, 0.29) is 34.6 Å². The molecule has 0 spiro atoms. The molecule has 0 bridgehead atoms. The van der Waals surface area contributed by atoms with E-state index in [2.05, 4.69) is 4.98 Å². The summed E-state index contributed by atoms with van der Waals surface area (Å²) in [6.07, 6.45) is 1.36. The normalized spacial score (nSPS) is 13.6. The van der Waals surface area contributed by atoms with Gasteiger partial charge in [0.1, 0.15) is 11.2 Å². The van der Waals surface area contributed by atoms with Gasteiger partial charge in [0, 0.05) is 43.3 Å². The van der Waals surface area contributed by atoms with Crippen molar-refractivity contribution in [2.24, 2.45) is 0 Å². The van der Waals surface area contributed by atoms with Crippen LogP contribution in [0.4, 0.5) is 5.69 Å². The zero-order valence-electron chi connectivity index (χ0n) is 19.5. The fraction of sp³-hybridized carbons (Fsp3) is 0.192. The molecule has 1 aliphatic heterocycles. The molecule has 9 nitrogen and oxygen atoms in total. The molecule has 4 aromatic rings. The highest BCUT2D eigenvalue weighted by molar-refractivity contribution is 7.12. The van der Waals surface area contributed by atoms with E-state index in [4.69, 9.17) is 11.6 Å². The van der Waals surface area contributed by atoms with Gasteiger partial charge in [0.05, 0.1) is 22.1 Å². The number of carboxylic acids is 1. The highest BCUT2D eigenvalue weighted by Gasteiger charge is 2.30. The number of carbonyl (C=O) groups is 3. The van der Waals surface area contributed by atoms with Gasteiger partial charge < -0.3 is 14.9 Å². The number of anilines is 1. The molecular weight excluding hydrogens is 516 g/mol. The van der Waals surface area contributed by atoms with Crippen LogP contribution in [-0.4, -0.2) is 63.4 Å². The van der Waals surface area contributed by atoms with E-state index in [0.29, 0.717) is 42.0 Å². The van der Waals surface area contributed by atoms with Gasteiger partial charge in [-0.3, -0.25) is 19.0 Å². The Labute approximate surface area is 220 Å². The van der Waals surface area contributed by atoms with Crippen LogP contribution >= 0.6 is 22.9 Å². The van der Waals surface area contributed by atoms with Crippen molar-refractivity contribution in [3.05, 3.63) is 91.5 Å². The highest BCUT2D eigenvalue weighted by Crippen LogP contribution is 2.31. The number of halogens is 1. The molecule has 1 amide bonds. The fourth-order valence-corrected chi connectivity index (χ4v) is 5.35. The number of aromatic nitrogens is 2. The molecule has 3 aromatic heterocycles. The second-order valence-corrected chi connectivity index (χ2v) is 9.87. The number of benzene rings is 1. The molecule has 0 atom stereocenters. The van der Waals surface area contributed by atoms with Gasteiger partial charge in [0.2, 0.25) is 0 Å². The third-order valence-corrected chi connectivity index (χ3v) is 7.33. The van der Waals surface area contributed by atoms with Crippen LogP contribution in [0.1, 0.15) is 30.4 Å². The Morgan fingerprint density at radius 2 is 1.76 bits per heavy atom. The average molecular weight is 537 g/mol. The van der Waals surface area contributed by atoms with Gasteiger partial charge in [-0.25, -0.2) is 9.78 Å². The van der Waals surface area contributed by atoms with Crippen LogP contribution in [0.25, 0.3) is 11.0 Å². The second-order valence-electron chi connectivity index (χ2n) is 8.49. The first-order valence-corrected chi connectivity index (χ1v) is 12.7. The summed E-state index contributed by atoms with van der Waals surface area (Å²) in [6.45, 7) is 0.941. The topological polar surface area (TPSA) is 113 Å². The Hall–Kier alpha value is -4.02. The van der Waals surface area contributed by atoms with Crippen molar-refractivity contribution in [2.75, 3.05) is 31.1 Å². The van der Waals surface area contributed by atoms with Crippen molar-refractivity contribution in [1.82, 2.24) is 14.5 Å². The van der Waals surface area contributed by atoms with E-state index >= 15 is 0 Å². The lowest BCUT2D eigenvalue weighted by molar-refractivity contribution is 0.0690. The van der Waals surface area contributed by atoms with Crippen LogP contribution in [0.15, 0.2) is 64.9 Å². The standard InChI is InChI=1S/C26H21ClN4O5S/c27-17-13-18-22(29-8-10-30(11-9-29)24(33)20-7-4-12-37-20)21(26(35)36)25(34)31(23(18)28-14-17)15-19(32)16-5-2-1-3-6-16/h1-7,12-14H,8-11,15H2,(H,35,36). The first-order valence-electron chi connectivity index (χ1n) is 11.5. The van der Waals surface area contributed by atoms with Crippen molar-refractivity contribution in [3.8, 4) is 0 Å². The number of Topliss-reactive ketones (excluding diaryl/α,β-unsaturated/α-hetero) is 1. The first-order chi connectivity index (χ1) is 17.8. The zero-order chi connectivity index (χ0) is 26.1. The van der Waals surface area contributed by atoms with Crippen molar-refractivity contribution >= 4 is 57.3 Å². The molecule has 1 fully saturated rings. The highest BCUT2D eigenvalue weighted by atomic mass is 35.5. The van der Waals surface area contributed by atoms with Gasteiger partial charge >= 0.3 is 5.97 Å². The van der Waals surface area contributed by atoms with Crippen LogP contribution in [-0.2, 0) is 6.54 Å². The Bertz CT molecular complexity index is 1560. The number of carboxylic acid groups (broad SMARTS) is 1. The average Bonchev–Trinajstić information content (AvgIpc) is 3.45. The van der Waals surface area contributed by atoms with E-state index in [1.165, 1.54) is 17.5 Å². The van der Waals surface area contributed by atoms with Gasteiger partial charge in [0.15, 0.2) is 5.78 Å². The monoisotopic (exact) mass is 536 g/mol. The van der Waals surface area contributed by atoms with Gasteiger partial charge in [-0.2, -0.15) is 0 Å². The van der Waals surface area contributed by atoms with Gasteiger partial charge in [-0.15, -0.1) is 11.3 Å². The molecule has 0 radical (unpaired) electrons. The molecule has 5 rings (SSSR count). The lowest BCUT2D eigenvalue weighted by atomic mass is 10.1. The number of fused-ring (bicyclic) bond motifs is 1. The minimum atomic E-state index is -1.42. The Morgan fingerprint density at radius 3 is 2.41 bits per heavy atom. The molecule has 37 heavy (non-hydrogen) atoms. The summed E-state index contributed by atoms with van der Waals surface area (Å²) in [5.41, 5.74) is -0.546. The summed E-state index contributed by atoms with van der Waals surface area (Å²) in [6, 6.07) is 13.6. The van der Waals surface area contributed by atoms with E-state index in [1.807, 2.05) is 11.4 Å². The minimum Gasteiger partial charge on any atom is -0.477 e. The Balaban J connectivity index is 1.56. The summed E-state index contributed by atoms with van der Waals surface area (Å²) in [7, 11) is 0. The maximum Gasteiger partial charge on any atom is 0.343 e. The number of aromatic carboxylic acids is 1. The zero-order valence-corrected chi connectivity index (χ0v) is 21.0.